The molecular weight excluding hydrogens is 560 g/mol. The summed E-state index contributed by atoms with van der Waals surface area (Å²) >= 11 is 0. The lowest BCUT2D eigenvalue weighted by Crippen LogP contribution is -2.53. The van der Waals surface area contributed by atoms with Gasteiger partial charge in [-0.15, -0.1) is 0 Å². The van der Waals surface area contributed by atoms with Gasteiger partial charge in [-0.2, -0.15) is 0 Å². The maximum atomic E-state index is 14.2. The van der Waals surface area contributed by atoms with E-state index in [2.05, 4.69) is 20.4 Å². The van der Waals surface area contributed by atoms with E-state index in [-0.39, 0.29) is 29.2 Å². The van der Waals surface area contributed by atoms with Crippen molar-refractivity contribution in [3.05, 3.63) is 95.6 Å². The molecule has 0 spiro atoms. The SMILES string of the molecule is C=C1[C@@H](OC(=O)c2ccccc2)C[C@@H]2[C@H](C=C(C)C(=O)[C@]3(O)C[C@@H](C)[C@@H](OC(=O)c4ccccc4)[C@H]3[C@@H]1OC(C)=O)C2(C)C. The monoisotopic (exact) mass is 600 g/mol. The van der Waals surface area contributed by atoms with E-state index in [9.17, 15) is 24.3 Å². The topological polar surface area (TPSA) is 116 Å². The van der Waals surface area contributed by atoms with Gasteiger partial charge in [-0.3, -0.25) is 9.59 Å². The van der Waals surface area contributed by atoms with Gasteiger partial charge in [0.1, 0.15) is 23.9 Å². The standard InChI is InChI=1S/C36H40O8/c1-20-17-26-27(35(26,5)6)18-28(43-33(39)24-13-9-7-10-14-24)22(3)31(42-23(4)37)29-30(21(2)19-36(29,41)32(20)38)44-34(40)25-15-11-8-12-16-25/h7-17,21,26-31,41H,3,18-19H2,1-2,4-6H3/t21-,26+,27-,28+,29+,30-,31-,36+/m1/s1. The molecule has 0 aromatic heterocycles. The summed E-state index contributed by atoms with van der Waals surface area (Å²) in [5.41, 5.74) is -1.03. The molecule has 3 aliphatic rings. The summed E-state index contributed by atoms with van der Waals surface area (Å²) < 4.78 is 18.0. The lowest BCUT2D eigenvalue weighted by Gasteiger charge is -2.39. The van der Waals surface area contributed by atoms with Crippen molar-refractivity contribution in [3.8, 4) is 0 Å². The van der Waals surface area contributed by atoms with Gasteiger partial charge in [0.05, 0.1) is 17.0 Å². The second-order valence-electron chi connectivity index (χ2n) is 13.1. The van der Waals surface area contributed by atoms with Gasteiger partial charge in [0, 0.05) is 12.5 Å². The lowest BCUT2D eigenvalue weighted by atomic mass is 9.76. The molecule has 2 aromatic rings. The van der Waals surface area contributed by atoms with Crippen molar-refractivity contribution in [2.45, 2.75) is 71.4 Å². The van der Waals surface area contributed by atoms with Crippen LogP contribution in [-0.2, 0) is 23.8 Å². The summed E-state index contributed by atoms with van der Waals surface area (Å²) in [4.78, 5) is 53.4. The van der Waals surface area contributed by atoms with E-state index in [4.69, 9.17) is 14.2 Å². The number of rotatable bonds is 5. The third-order valence-corrected chi connectivity index (χ3v) is 9.80. The molecule has 0 radical (unpaired) electrons. The van der Waals surface area contributed by atoms with Crippen molar-refractivity contribution in [1.82, 2.24) is 0 Å². The highest BCUT2D eigenvalue weighted by molar-refractivity contribution is 6.02. The Morgan fingerprint density at radius 2 is 1.45 bits per heavy atom. The second kappa shape index (κ2) is 11.8. The molecule has 0 saturated heterocycles. The minimum atomic E-state index is -2.06. The minimum Gasteiger partial charge on any atom is -0.458 e. The van der Waals surface area contributed by atoms with Gasteiger partial charge in [-0.1, -0.05) is 69.8 Å². The van der Waals surface area contributed by atoms with Gasteiger partial charge in [-0.25, -0.2) is 9.59 Å². The molecule has 0 heterocycles. The second-order valence-corrected chi connectivity index (χ2v) is 13.1. The smallest absolute Gasteiger partial charge is 0.338 e. The third kappa shape index (κ3) is 5.75. The molecule has 2 fully saturated rings. The molecule has 0 unspecified atom stereocenters. The van der Waals surface area contributed by atoms with Crippen LogP contribution in [0.3, 0.4) is 0 Å². The van der Waals surface area contributed by atoms with E-state index in [0.29, 0.717) is 23.1 Å². The zero-order valence-electron chi connectivity index (χ0n) is 25.8. The molecule has 2 saturated carbocycles. The molecule has 0 amide bonds. The van der Waals surface area contributed by atoms with E-state index in [1.54, 1.807) is 74.5 Å². The van der Waals surface area contributed by atoms with E-state index in [0.717, 1.165) is 0 Å². The van der Waals surface area contributed by atoms with E-state index >= 15 is 0 Å². The number of fused-ring (bicyclic) bond motifs is 2. The zero-order chi connectivity index (χ0) is 32.0. The average molecular weight is 601 g/mol. The molecule has 3 aliphatic carbocycles. The summed E-state index contributed by atoms with van der Waals surface area (Å²) in [7, 11) is 0. The van der Waals surface area contributed by atoms with Gasteiger partial charge in [0.2, 0.25) is 0 Å². The number of carbonyl (C=O) groups excluding carboxylic acids is 4. The minimum absolute atomic E-state index is 0.0185. The number of carbonyl (C=O) groups is 4. The maximum absolute atomic E-state index is 14.2. The van der Waals surface area contributed by atoms with Gasteiger partial charge in [0.25, 0.3) is 0 Å². The van der Waals surface area contributed by atoms with Crippen molar-refractivity contribution in [3.63, 3.8) is 0 Å². The van der Waals surface area contributed by atoms with Crippen molar-refractivity contribution < 1.29 is 38.5 Å². The molecule has 0 aliphatic heterocycles. The number of ketones is 1. The number of Topliss-reactive ketones (excluding diaryl/α,β-unsaturated/α-hetero) is 1. The largest absolute Gasteiger partial charge is 0.458 e. The van der Waals surface area contributed by atoms with Gasteiger partial charge < -0.3 is 19.3 Å². The molecule has 5 rings (SSSR count). The van der Waals surface area contributed by atoms with Crippen LogP contribution in [0.1, 0.15) is 68.2 Å². The number of aliphatic hydroxyl groups is 1. The Balaban J connectivity index is 1.61. The van der Waals surface area contributed by atoms with Crippen molar-refractivity contribution >= 4 is 23.7 Å². The van der Waals surface area contributed by atoms with E-state index in [1.807, 2.05) is 6.08 Å². The van der Waals surface area contributed by atoms with Crippen molar-refractivity contribution in [2.24, 2.45) is 29.1 Å². The number of hydrogen-bond donors (Lipinski definition) is 1. The van der Waals surface area contributed by atoms with Crippen LogP contribution < -0.4 is 0 Å². The number of ether oxygens (including phenoxy) is 3. The first-order chi connectivity index (χ1) is 20.8. The van der Waals surface area contributed by atoms with Crippen LogP contribution in [0.25, 0.3) is 0 Å². The predicted octanol–water partition coefficient (Wildman–Crippen LogP) is 5.50. The molecule has 8 nitrogen and oxygen atoms in total. The van der Waals surface area contributed by atoms with Crippen LogP contribution in [-0.4, -0.2) is 52.7 Å². The number of esters is 3. The van der Waals surface area contributed by atoms with Crippen LogP contribution in [0.15, 0.2) is 84.5 Å². The normalized spacial score (nSPS) is 32.7. The molecule has 44 heavy (non-hydrogen) atoms. The molecule has 8 heteroatoms. The van der Waals surface area contributed by atoms with Gasteiger partial charge in [-0.05, 0) is 72.8 Å². The summed E-state index contributed by atoms with van der Waals surface area (Å²) in [6.45, 7) is 13.1. The first-order valence-electron chi connectivity index (χ1n) is 15.1. The number of hydrogen-bond acceptors (Lipinski definition) is 8. The molecule has 2 aromatic carbocycles. The number of allylic oxidation sites excluding steroid dienone is 1. The molecular formula is C36H40O8. The van der Waals surface area contributed by atoms with Crippen LogP contribution in [0.2, 0.25) is 0 Å². The Kier molecular flexibility index (Phi) is 8.42. The van der Waals surface area contributed by atoms with Crippen molar-refractivity contribution in [1.29, 1.82) is 0 Å². The van der Waals surface area contributed by atoms with E-state index in [1.165, 1.54) is 6.92 Å². The average Bonchev–Trinajstić information content (AvgIpc) is 3.38. The highest BCUT2D eigenvalue weighted by atomic mass is 16.6. The third-order valence-electron chi connectivity index (χ3n) is 9.80. The van der Waals surface area contributed by atoms with E-state index < -0.39 is 59.4 Å². The fourth-order valence-corrected chi connectivity index (χ4v) is 7.26. The fourth-order valence-electron chi connectivity index (χ4n) is 7.26. The summed E-state index contributed by atoms with van der Waals surface area (Å²) in [5, 5.41) is 12.3. The Morgan fingerprint density at radius 3 is 2.00 bits per heavy atom. The molecule has 8 atom stereocenters. The first-order valence-corrected chi connectivity index (χ1v) is 15.1. The quantitative estimate of drug-likeness (QED) is 0.272. The fraction of sp³-hybridized carbons (Fsp3) is 0.444. The Bertz CT molecular complexity index is 1490. The highest BCUT2D eigenvalue weighted by Crippen LogP contribution is 2.62. The Morgan fingerprint density at radius 1 is 0.909 bits per heavy atom. The molecule has 1 N–H and O–H groups in total. The van der Waals surface area contributed by atoms with Crippen molar-refractivity contribution in [2.75, 3.05) is 0 Å². The van der Waals surface area contributed by atoms with Gasteiger partial charge >= 0.3 is 17.9 Å². The highest BCUT2D eigenvalue weighted by Gasteiger charge is 2.64. The summed E-state index contributed by atoms with van der Waals surface area (Å²) in [6.07, 6.45) is -1.04. The maximum Gasteiger partial charge on any atom is 0.338 e. The first kappa shape index (κ1) is 31.4. The zero-order valence-corrected chi connectivity index (χ0v) is 25.8. The Hall–Kier alpha value is -4.04. The summed E-state index contributed by atoms with van der Waals surface area (Å²) in [5.74, 6) is -4.11. The Labute approximate surface area is 258 Å². The van der Waals surface area contributed by atoms with Crippen LogP contribution in [0.4, 0.5) is 0 Å². The molecule has 0 bridgehead atoms. The van der Waals surface area contributed by atoms with Crippen LogP contribution >= 0.6 is 0 Å². The lowest BCUT2D eigenvalue weighted by molar-refractivity contribution is -0.162. The van der Waals surface area contributed by atoms with Crippen LogP contribution in [0.5, 0.6) is 0 Å². The number of benzene rings is 2. The van der Waals surface area contributed by atoms with Crippen LogP contribution in [0, 0.1) is 29.1 Å². The van der Waals surface area contributed by atoms with Gasteiger partial charge in [0.15, 0.2) is 5.78 Å². The summed E-state index contributed by atoms with van der Waals surface area (Å²) in [6, 6.07) is 16.9. The predicted molar refractivity (Wildman–Crippen MR) is 162 cm³/mol. The molecule has 232 valence electrons.